The molecule has 7 nitrogen and oxygen atoms in total. The lowest BCUT2D eigenvalue weighted by Gasteiger charge is -2.47. The Morgan fingerprint density at radius 3 is 2.36 bits per heavy atom. The third-order valence-electron chi connectivity index (χ3n) is 6.70. The summed E-state index contributed by atoms with van der Waals surface area (Å²) in [5.74, 6) is 2.15. The summed E-state index contributed by atoms with van der Waals surface area (Å²) in [6, 6.07) is 22.6. The van der Waals surface area contributed by atoms with Crippen molar-refractivity contribution in [2.75, 3.05) is 26.1 Å². The van der Waals surface area contributed by atoms with E-state index in [0.717, 1.165) is 35.5 Å². The van der Waals surface area contributed by atoms with E-state index in [1.807, 2.05) is 71.6 Å². The highest BCUT2D eigenvalue weighted by Crippen LogP contribution is 2.39. The molecule has 1 N–H and O–H groups in total. The number of hydrogen-bond acceptors (Lipinski definition) is 5. The van der Waals surface area contributed by atoms with Crippen molar-refractivity contribution in [2.45, 2.75) is 31.4 Å². The predicted octanol–water partition coefficient (Wildman–Crippen LogP) is 4.63. The number of nitrogens with zero attached hydrogens (tertiary/aromatic N) is 1. The Bertz CT molecular complexity index is 1240. The molecule has 2 amide bonds. The second kappa shape index (κ2) is 10.3. The van der Waals surface area contributed by atoms with Gasteiger partial charge in [0.1, 0.15) is 23.3 Å². The van der Waals surface area contributed by atoms with Gasteiger partial charge in [0.2, 0.25) is 12.0 Å². The van der Waals surface area contributed by atoms with E-state index in [4.69, 9.17) is 14.2 Å². The number of β-lactam (4-membered cyclic amide) rings is 1. The SMILES string of the molecule is COc1ccc(CCN2C(=O)[C@H](Oc3cccc(NC(=O)C4CC4)c3)[C@@H]2c2cccc(OC)c2)cc1. The van der Waals surface area contributed by atoms with E-state index < -0.39 is 6.10 Å². The molecule has 5 rings (SSSR count). The van der Waals surface area contributed by atoms with Crippen molar-refractivity contribution in [2.24, 2.45) is 5.92 Å². The fourth-order valence-corrected chi connectivity index (χ4v) is 4.49. The molecule has 2 atom stereocenters. The smallest absolute Gasteiger partial charge is 0.266 e. The largest absolute Gasteiger partial charge is 0.497 e. The van der Waals surface area contributed by atoms with E-state index in [9.17, 15) is 9.59 Å². The maximum atomic E-state index is 13.3. The van der Waals surface area contributed by atoms with E-state index >= 15 is 0 Å². The molecule has 7 heteroatoms. The van der Waals surface area contributed by atoms with Crippen LogP contribution < -0.4 is 19.5 Å². The first-order valence-electron chi connectivity index (χ1n) is 12.2. The lowest BCUT2D eigenvalue weighted by molar-refractivity contribution is -0.164. The highest BCUT2D eigenvalue weighted by Gasteiger charge is 2.50. The van der Waals surface area contributed by atoms with Gasteiger partial charge in [-0.2, -0.15) is 0 Å². The number of benzene rings is 3. The normalized spacial score (nSPS) is 18.8. The zero-order chi connectivity index (χ0) is 25.1. The van der Waals surface area contributed by atoms with Crippen molar-refractivity contribution in [3.8, 4) is 17.2 Å². The number of likely N-dealkylation sites (tertiary alicyclic amines) is 1. The number of methoxy groups -OCH3 is 2. The molecular formula is C29H30N2O5. The molecular weight excluding hydrogens is 456 g/mol. The van der Waals surface area contributed by atoms with Crippen molar-refractivity contribution in [3.05, 3.63) is 83.9 Å². The standard InChI is InChI=1S/C29H30N2O5/c1-34-23-13-9-19(10-14-23)15-16-31-26(21-5-3-7-24(17-21)35-2)27(29(31)33)36-25-8-4-6-22(18-25)30-28(32)20-11-12-20/h3-10,13-14,17-18,20,26-27H,11-12,15-16H2,1-2H3,(H,30,32)/t26-,27+/m0/s1. The van der Waals surface area contributed by atoms with Crippen molar-refractivity contribution < 1.29 is 23.8 Å². The lowest BCUT2D eigenvalue weighted by atomic mass is 9.89. The molecule has 1 aliphatic heterocycles. The molecule has 2 fully saturated rings. The summed E-state index contributed by atoms with van der Waals surface area (Å²) in [6.07, 6.45) is 1.92. The molecule has 1 aliphatic carbocycles. The summed E-state index contributed by atoms with van der Waals surface area (Å²) >= 11 is 0. The van der Waals surface area contributed by atoms with Gasteiger partial charge in [-0.15, -0.1) is 0 Å². The third kappa shape index (κ3) is 5.15. The molecule has 1 heterocycles. The Hall–Kier alpha value is -4.00. The van der Waals surface area contributed by atoms with Crippen LogP contribution in [0.1, 0.15) is 30.0 Å². The van der Waals surface area contributed by atoms with Gasteiger partial charge < -0.3 is 24.4 Å². The summed E-state index contributed by atoms with van der Waals surface area (Å²) in [5, 5.41) is 2.94. The van der Waals surface area contributed by atoms with Gasteiger partial charge >= 0.3 is 0 Å². The summed E-state index contributed by atoms with van der Waals surface area (Å²) in [5.41, 5.74) is 2.74. The Balaban J connectivity index is 1.33. The zero-order valence-corrected chi connectivity index (χ0v) is 20.5. The molecule has 0 aromatic heterocycles. The van der Waals surface area contributed by atoms with Crippen LogP contribution in [0.3, 0.4) is 0 Å². The van der Waals surface area contributed by atoms with Gasteiger partial charge in [-0.05, 0) is 66.8 Å². The molecule has 1 saturated carbocycles. The molecule has 0 spiro atoms. The van der Waals surface area contributed by atoms with Gasteiger partial charge in [-0.25, -0.2) is 0 Å². The average molecular weight is 487 g/mol. The number of nitrogens with one attached hydrogen (secondary N) is 1. The topological polar surface area (TPSA) is 77.1 Å². The molecule has 0 bridgehead atoms. The van der Waals surface area contributed by atoms with Crippen LogP contribution in [0.15, 0.2) is 72.8 Å². The highest BCUT2D eigenvalue weighted by molar-refractivity contribution is 5.94. The van der Waals surface area contributed by atoms with Crippen LogP contribution in [0.4, 0.5) is 5.69 Å². The molecule has 3 aromatic carbocycles. The minimum Gasteiger partial charge on any atom is -0.497 e. The summed E-state index contributed by atoms with van der Waals surface area (Å²) < 4.78 is 16.9. The summed E-state index contributed by atoms with van der Waals surface area (Å²) in [6.45, 7) is 0.560. The first kappa shape index (κ1) is 23.7. The molecule has 186 valence electrons. The van der Waals surface area contributed by atoms with Crippen LogP contribution in [0.5, 0.6) is 17.2 Å². The maximum absolute atomic E-state index is 13.3. The van der Waals surface area contributed by atoms with Crippen molar-refractivity contribution in [1.82, 2.24) is 4.90 Å². The van der Waals surface area contributed by atoms with Crippen LogP contribution >= 0.6 is 0 Å². The number of rotatable bonds is 10. The second-order valence-electron chi connectivity index (χ2n) is 9.18. The van der Waals surface area contributed by atoms with Gasteiger partial charge in [0.25, 0.3) is 5.91 Å². The monoisotopic (exact) mass is 486 g/mol. The number of ether oxygens (including phenoxy) is 3. The van der Waals surface area contributed by atoms with E-state index in [2.05, 4.69) is 5.32 Å². The highest BCUT2D eigenvalue weighted by atomic mass is 16.5. The molecule has 0 radical (unpaired) electrons. The number of carbonyl (C=O) groups excluding carboxylic acids is 2. The fourth-order valence-electron chi connectivity index (χ4n) is 4.49. The Morgan fingerprint density at radius 2 is 1.64 bits per heavy atom. The Labute approximate surface area is 211 Å². The number of hydrogen-bond donors (Lipinski definition) is 1. The van der Waals surface area contributed by atoms with Gasteiger partial charge in [0, 0.05) is 24.2 Å². The summed E-state index contributed by atoms with van der Waals surface area (Å²) in [4.78, 5) is 27.3. The van der Waals surface area contributed by atoms with E-state index in [0.29, 0.717) is 24.4 Å². The number of carbonyl (C=O) groups is 2. The van der Waals surface area contributed by atoms with Crippen LogP contribution in [0, 0.1) is 5.92 Å². The number of anilines is 1. The van der Waals surface area contributed by atoms with Gasteiger partial charge in [0.15, 0.2) is 0 Å². The molecule has 2 aliphatic rings. The van der Waals surface area contributed by atoms with Crippen LogP contribution in [0.2, 0.25) is 0 Å². The zero-order valence-electron chi connectivity index (χ0n) is 20.5. The van der Waals surface area contributed by atoms with Crippen molar-refractivity contribution in [1.29, 1.82) is 0 Å². The Morgan fingerprint density at radius 1 is 0.917 bits per heavy atom. The second-order valence-corrected chi connectivity index (χ2v) is 9.18. The van der Waals surface area contributed by atoms with E-state index in [1.54, 1.807) is 20.3 Å². The Kier molecular flexibility index (Phi) is 6.80. The first-order valence-corrected chi connectivity index (χ1v) is 12.2. The molecule has 36 heavy (non-hydrogen) atoms. The van der Waals surface area contributed by atoms with Crippen LogP contribution in [0.25, 0.3) is 0 Å². The van der Waals surface area contributed by atoms with Gasteiger partial charge in [0.05, 0.1) is 14.2 Å². The molecule has 3 aromatic rings. The lowest BCUT2D eigenvalue weighted by Crippen LogP contribution is -2.61. The first-order chi connectivity index (χ1) is 17.6. The third-order valence-corrected chi connectivity index (χ3v) is 6.70. The van der Waals surface area contributed by atoms with E-state index in [-0.39, 0.29) is 23.8 Å². The minimum atomic E-state index is -0.664. The van der Waals surface area contributed by atoms with E-state index in [1.165, 1.54) is 0 Å². The van der Waals surface area contributed by atoms with Gasteiger partial charge in [-0.3, -0.25) is 9.59 Å². The predicted molar refractivity (Wildman–Crippen MR) is 136 cm³/mol. The summed E-state index contributed by atoms with van der Waals surface area (Å²) in [7, 11) is 3.27. The average Bonchev–Trinajstić information content (AvgIpc) is 3.76. The maximum Gasteiger partial charge on any atom is 0.266 e. The van der Waals surface area contributed by atoms with Gasteiger partial charge in [-0.1, -0.05) is 30.3 Å². The quantitative estimate of drug-likeness (QED) is 0.423. The van der Waals surface area contributed by atoms with Crippen LogP contribution in [-0.4, -0.2) is 43.6 Å². The number of amides is 2. The van der Waals surface area contributed by atoms with Crippen molar-refractivity contribution >= 4 is 17.5 Å². The molecule has 0 unspecified atom stereocenters. The molecule has 1 saturated heterocycles. The van der Waals surface area contributed by atoms with Crippen LogP contribution in [-0.2, 0) is 16.0 Å². The van der Waals surface area contributed by atoms with Crippen molar-refractivity contribution in [3.63, 3.8) is 0 Å². The minimum absolute atomic E-state index is 0.0332. The fraction of sp³-hybridized carbons (Fsp3) is 0.310.